The van der Waals surface area contributed by atoms with Crippen LogP contribution in [-0.4, -0.2) is 61.5 Å². The van der Waals surface area contributed by atoms with E-state index in [9.17, 15) is 28.8 Å². The molecule has 0 heterocycles. The lowest BCUT2D eigenvalue weighted by Crippen LogP contribution is -2.35. The maximum absolute atomic E-state index is 13.0. The van der Waals surface area contributed by atoms with Gasteiger partial charge in [-0.05, 0) is 102 Å². The Kier molecular flexibility index (Phi) is 17.1. The molecule has 0 radical (unpaired) electrons. The number of hydrogen-bond acceptors (Lipinski definition) is 11. The third-order valence-electron chi connectivity index (χ3n) is 9.27. The molecule has 1 aromatic carbocycles. The maximum Gasteiger partial charge on any atom is 0.330 e. The fourth-order valence-electron chi connectivity index (χ4n) is 6.26. The number of carbonyl (C=O) groups excluding carboxylic acids is 6. The van der Waals surface area contributed by atoms with E-state index in [4.69, 9.17) is 24.4 Å². The van der Waals surface area contributed by atoms with Crippen molar-refractivity contribution < 1.29 is 47.7 Å². The van der Waals surface area contributed by atoms with Crippen molar-refractivity contribution in [1.29, 1.82) is 5.41 Å². The molecule has 1 aromatic rings. The average molecular weight is 695 g/mol. The van der Waals surface area contributed by atoms with Crippen LogP contribution in [0.4, 0.5) is 0 Å². The van der Waals surface area contributed by atoms with Gasteiger partial charge in [0.05, 0.1) is 25.0 Å². The Hall–Kier alpha value is -4.61. The Labute approximate surface area is 293 Å². The Bertz CT molecular complexity index is 1370. The fourth-order valence-corrected chi connectivity index (χ4v) is 6.26. The van der Waals surface area contributed by atoms with E-state index in [1.807, 2.05) is 0 Å². The number of hydrogen-bond donors (Lipinski definition) is 2. The minimum atomic E-state index is -0.468. The first-order valence-electron chi connectivity index (χ1n) is 17.6. The molecule has 3 rings (SSSR count). The zero-order valence-corrected chi connectivity index (χ0v) is 28.8. The van der Waals surface area contributed by atoms with Gasteiger partial charge in [0.2, 0.25) is 5.91 Å². The SMILES string of the molecule is C=CC(=O)OCCCCCC(=O)C1CCC(C(=O)Oc2ccc(OC(=O)C3CCC(C(=O)NCCCCOC(=O)C=C)CC3)c(C=N)c2)CC1. The number of carbonyl (C=O) groups is 6. The number of Topliss-reactive ketones (excluding diaryl/α,β-unsaturated/α-hetero) is 1. The van der Waals surface area contributed by atoms with Gasteiger partial charge in [-0.3, -0.25) is 19.2 Å². The smallest absolute Gasteiger partial charge is 0.330 e. The van der Waals surface area contributed by atoms with E-state index in [0.29, 0.717) is 95.8 Å². The van der Waals surface area contributed by atoms with Crippen molar-refractivity contribution in [1.82, 2.24) is 5.32 Å². The molecular weight excluding hydrogens is 644 g/mol. The summed E-state index contributed by atoms with van der Waals surface area (Å²) in [5, 5.41) is 10.7. The number of esters is 4. The van der Waals surface area contributed by atoms with E-state index in [1.165, 1.54) is 18.2 Å². The van der Waals surface area contributed by atoms with Gasteiger partial charge in [-0.25, -0.2) is 9.59 Å². The molecule has 50 heavy (non-hydrogen) atoms. The fraction of sp³-hybridized carbons (Fsp3) is 0.553. The minimum absolute atomic E-state index is 0.0494. The molecule has 2 N–H and O–H groups in total. The van der Waals surface area contributed by atoms with Gasteiger partial charge in [-0.15, -0.1) is 0 Å². The van der Waals surface area contributed by atoms with Gasteiger partial charge >= 0.3 is 23.9 Å². The van der Waals surface area contributed by atoms with Crippen LogP contribution in [0, 0.1) is 29.1 Å². The topological polar surface area (TPSA) is 175 Å². The summed E-state index contributed by atoms with van der Waals surface area (Å²) in [6.45, 7) is 7.76. The molecule has 2 fully saturated rings. The molecule has 2 aliphatic rings. The number of nitrogens with one attached hydrogen (secondary N) is 2. The number of rotatable bonds is 20. The second-order valence-corrected chi connectivity index (χ2v) is 12.8. The molecule has 2 aliphatic carbocycles. The predicted molar refractivity (Wildman–Crippen MR) is 185 cm³/mol. The van der Waals surface area contributed by atoms with E-state index in [2.05, 4.69) is 18.5 Å². The van der Waals surface area contributed by atoms with E-state index < -0.39 is 17.9 Å². The van der Waals surface area contributed by atoms with Crippen molar-refractivity contribution in [3.63, 3.8) is 0 Å². The Balaban J connectivity index is 1.36. The van der Waals surface area contributed by atoms with E-state index in [-0.39, 0.29) is 59.4 Å². The molecule has 0 atom stereocenters. The summed E-state index contributed by atoms with van der Waals surface area (Å²) in [5.41, 5.74) is 0.296. The summed E-state index contributed by atoms with van der Waals surface area (Å²) in [7, 11) is 0. The molecule has 0 spiro atoms. The van der Waals surface area contributed by atoms with Gasteiger partial charge < -0.3 is 29.7 Å². The van der Waals surface area contributed by atoms with Crippen LogP contribution in [-0.2, 0) is 38.2 Å². The quantitative estimate of drug-likeness (QED) is 0.0575. The van der Waals surface area contributed by atoms with Crippen molar-refractivity contribution >= 4 is 41.8 Å². The van der Waals surface area contributed by atoms with Crippen LogP contribution >= 0.6 is 0 Å². The van der Waals surface area contributed by atoms with Gasteiger partial charge in [0.1, 0.15) is 17.3 Å². The van der Waals surface area contributed by atoms with Crippen LogP contribution in [0.15, 0.2) is 43.5 Å². The normalized spacial score (nSPS) is 20.0. The van der Waals surface area contributed by atoms with Crippen LogP contribution in [0.1, 0.15) is 95.5 Å². The zero-order chi connectivity index (χ0) is 36.3. The Morgan fingerprint density at radius 3 is 1.82 bits per heavy atom. The highest BCUT2D eigenvalue weighted by Gasteiger charge is 2.32. The lowest BCUT2D eigenvalue weighted by Gasteiger charge is -2.27. The summed E-state index contributed by atoms with van der Waals surface area (Å²) in [6, 6.07) is 4.54. The molecule has 0 aromatic heterocycles. The predicted octanol–water partition coefficient (Wildman–Crippen LogP) is 5.59. The first kappa shape index (κ1) is 39.8. The highest BCUT2D eigenvalue weighted by molar-refractivity contribution is 5.86. The van der Waals surface area contributed by atoms with E-state index in [0.717, 1.165) is 31.2 Å². The lowest BCUT2D eigenvalue weighted by atomic mass is 9.79. The number of ketones is 1. The first-order chi connectivity index (χ1) is 24.1. The molecule has 12 heteroatoms. The molecule has 0 unspecified atom stereocenters. The highest BCUT2D eigenvalue weighted by Crippen LogP contribution is 2.34. The minimum Gasteiger partial charge on any atom is -0.463 e. The van der Waals surface area contributed by atoms with Crippen molar-refractivity contribution in [2.24, 2.45) is 23.7 Å². The average Bonchev–Trinajstić information content (AvgIpc) is 3.14. The third-order valence-corrected chi connectivity index (χ3v) is 9.27. The maximum atomic E-state index is 13.0. The molecule has 0 saturated heterocycles. The van der Waals surface area contributed by atoms with Crippen LogP contribution in [0.3, 0.4) is 0 Å². The standard InChI is InChI=1S/C38H50N2O10/c1-3-34(42)47-22-8-5-6-10-32(41)26-11-15-28(16-12-26)37(45)49-31-19-20-33(30(24-31)25-39)50-38(46)29-17-13-27(14-18-29)36(44)40-21-7-9-23-48-35(43)4-2/h3-4,19-20,24-29,39H,1-2,5-18,21-23H2,(H,40,44). The number of amides is 1. The molecular formula is C38H50N2O10. The van der Waals surface area contributed by atoms with Crippen LogP contribution < -0.4 is 14.8 Å². The summed E-state index contributed by atoms with van der Waals surface area (Å²) in [6.07, 6.45) is 11.7. The number of unbranched alkanes of at least 4 members (excludes halogenated alkanes) is 3. The molecule has 272 valence electrons. The van der Waals surface area contributed by atoms with Crippen LogP contribution in [0.5, 0.6) is 11.5 Å². The van der Waals surface area contributed by atoms with Gasteiger partial charge in [0.25, 0.3) is 0 Å². The van der Waals surface area contributed by atoms with E-state index >= 15 is 0 Å². The Morgan fingerprint density at radius 2 is 1.24 bits per heavy atom. The van der Waals surface area contributed by atoms with Crippen molar-refractivity contribution in [2.75, 3.05) is 19.8 Å². The second kappa shape index (κ2) is 21.5. The summed E-state index contributed by atoms with van der Waals surface area (Å²) in [5.74, 6) is -2.09. The molecule has 1 amide bonds. The summed E-state index contributed by atoms with van der Waals surface area (Å²) >= 11 is 0. The second-order valence-electron chi connectivity index (χ2n) is 12.8. The third kappa shape index (κ3) is 13.4. The van der Waals surface area contributed by atoms with Crippen molar-refractivity contribution in [3.05, 3.63) is 49.1 Å². The highest BCUT2D eigenvalue weighted by atomic mass is 16.5. The first-order valence-corrected chi connectivity index (χ1v) is 17.6. The monoisotopic (exact) mass is 694 g/mol. The number of benzene rings is 1. The van der Waals surface area contributed by atoms with Crippen molar-refractivity contribution in [2.45, 2.75) is 89.9 Å². The molecule has 0 aliphatic heterocycles. The zero-order valence-electron chi connectivity index (χ0n) is 28.8. The van der Waals surface area contributed by atoms with Gasteiger partial charge in [-0.1, -0.05) is 13.2 Å². The van der Waals surface area contributed by atoms with Gasteiger partial charge in [0, 0.05) is 48.7 Å². The van der Waals surface area contributed by atoms with Crippen molar-refractivity contribution in [3.8, 4) is 11.5 Å². The number of ether oxygens (including phenoxy) is 4. The van der Waals surface area contributed by atoms with Crippen LogP contribution in [0.25, 0.3) is 0 Å². The molecule has 2 saturated carbocycles. The Morgan fingerprint density at radius 1 is 0.700 bits per heavy atom. The van der Waals surface area contributed by atoms with Crippen LogP contribution in [0.2, 0.25) is 0 Å². The summed E-state index contributed by atoms with van der Waals surface area (Å²) < 4.78 is 21.1. The molecule has 12 nitrogen and oxygen atoms in total. The summed E-state index contributed by atoms with van der Waals surface area (Å²) in [4.78, 5) is 73.2. The lowest BCUT2D eigenvalue weighted by molar-refractivity contribution is -0.142. The largest absolute Gasteiger partial charge is 0.463 e. The molecule has 0 bridgehead atoms. The van der Waals surface area contributed by atoms with Gasteiger partial charge in [-0.2, -0.15) is 0 Å². The van der Waals surface area contributed by atoms with E-state index in [1.54, 1.807) is 0 Å². The van der Waals surface area contributed by atoms with Gasteiger partial charge in [0.15, 0.2) is 0 Å².